The molecule has 0 aliphatic carbocycles. The Labute approximate surface area is 75.0 Å². The van der Waals surface area contributed by atoms with Crippen LogP contribution in [0.2, 0.25) is 0 Å². The van der Waals surface area contributed by atoms with Crippen molar-refractivity contribution in [2.45, 2.75) is 25.3 Å². The lowest BCUT2D eigenvalue weighted by Gasteiger charge is -2.07. The topological polar surface area (TPSA) is 118 Å². The van der Waals surface area contributed by atoms with Crippen molar-refractivity contribution in [3.8, 4) is 0 Å². The monoisotopic (exact) mass is 191 g/mol. The van der Waals surface area contributed by atoms with Gasteiger partial charge in [0.15, 0.2) is 11.1 Å². The first kappa shape index (κ1) is 11.6. The predicted octanol–water partition coefficient (Wildman–Crippen LogP) is -0.650. The van der Waals surface area contributed by atoms with E-state index in [0.29, 0.717) is 19.4 Å². The van der Waals surface area contributed by atoms with Gasteiger partial charge in [-0.25, -0.2) is 14.9 Å². The Bertz CT molecular complexity index is 185. The van der Waals surface area contributed by atoms with Crippen molar-refractivity contribution in [1.29, 1.82) is 0 Å². The maximum absolute atomic E-state index is 10.4. The first-order valence-corrected chi connectivity index (χ1v) is 3.91. The molecule has 0 radical (unpaired) electrons. The minimum atomic E-state index is -1.21. The van der Waals surface area contributed by atoms with E-state index >= 15 is 0 Å². The number of aliphatic carboxylic acids is 1. The van der Waals surface area contributed by atoms with Crippen LogP contribution in [0.5, 0.6) is 0 Å². The van der Waals surface area contributed by atoms with Crippen molar-refractivity contribution in [3.63, 3.8) is 0 Å². The number of nitro groups is 1. The van der Waals surface area contributed by atoms with Gasteiger partial charge in [0.1, 0.15) is 0 Å². The summed E-state index contributed by atoms with van der Waals surface area (Å²) in [7, 11) is 0. The highest BCUT2D eigenvalue weighted by atomic mass is 16.7. The summed E-state index contributed by atoms with van der Waals surface area (Å²) in [6.45, 7) is 0.463. The molecule has 0 aromatic rings. The van der Waals surface area contributed by atoms with E-state index in [9.17, 15) is 14.9 Å². The second-order valence-corrected chi connectivity index (χ2v) is 2.56. The smallest absolute Gasteiger partial charge is 0.332 e. The molecule has 0 unspecified atom stereocenters. The molecular weight excluding hydrogens is 178 g/mol. The highest BCUT2D eigenvalue weighted by Crippen LogP contribution is 2.00. The van der Waals surface area contributed by atoms with Crippen molar-refractivity contribution in [3.05, 3.63) is 10.1 Å². The maximum Gasteiger partial charge on any atom is 0.332 e. The Kier molecular flexibility index (Phi) is 5.53. The molecule has 0 aromatic carbocycles. The number of carbonyl (C=O) groups is 1. The largest absolute Gasteiger partial charge is 0.480 e. The molecule has 4 N–H and O–H groups in total. The highest BCUT2D eigenvalue weighted by molar-refractivity contribution is 5.73. The van der Waals surface area contributed by atoms with E-state index in [0.717, 1.165) is 0 Å². The normalized spacial score (nSPS) is 12.1. The third-order valence-electron chi connectivity index (χ3n) is 1.51. The Morgan fingerprint density at radius 1 is 1.62 bits per heavy atom. The lowest BCUT2D eigenvalue weighted by atomic mass is 10.1. The van der Waals surface area contributed by atoms with Crippen LogP contribution in [0.25, 0.3) is 0 Å². The Balaban J connectivity index is 3.81. The molecular formula is C6H13N3O4. The quantitative estimate of drug-likeness (QED) is 0.279. The standard InChI is InChI=1S/C6H13N3O4/c7-4-2-1-3-5(6(10)11)8-9(12)13/h5,8H,1-4,7H2,(H,10,11)/t5-/m0/s1. The van der Waals surface area contributed by atoms with Crippen LogP contribution in [0.4, 0.5) is 0 Å². The van der Waals surface area contributed by atoms with E-state index in [-0.39, 0.29) is 6.42 Å². The molecule has 0 heterocycles. The van der Waals surface area contributed by atoms with E-state index in [4.69, 9.17) is 10.8 Å². The van der Waals surface area contributed by atoms with Crippen molar-refractivity contribution in [2.75, 3.05) is 6.54 Å². The lowest BCUT2D eigenvalue weighted by Crippen LogP contribution is -2.40. The van der Waals surface area contributed by atoms with Crippen LogP contribution in [0.1, 0.15) is 19.3 Å². The second kappa shape index (κ2) is 6.18. The first-order valence-electron chi connectivity index (χ1n) is 3.91. The number of hydrogen-bond acceptors (Lipinski definition) is 4. The summed E-state index contributed by atoms with van der Waals surface area (Å²) >= 11 is 0. The fourth-order valence-electron chi connectivity index (χ4n) is 0.863. The summed E-state index contributed by atoms with van der Waals surface area (Å²) in [4.78, 5) is 20.4. The Hall–Kier alpha value is -1.37. The van der Waals surface area contributed by atoms with Gasteiger partial charge < -0.3 is 10.8 Å². The average Bonchev–Trinajstić information content (AvgIpc) is 2.02. The maximum atomic E-state index is 10.4. The second-order valence-electron chi connectivity index (χ2n) is 2.56. The molecule has 0 saturated heterocycles. The molecule has 0 saturated carbocycles. The van der Waals surface area contributed by atoms with Gasteiger partial charge in [0.2, 0.25) is 0 Å². The van der Waals surface area contributed by atoms with Crippen molar-refractivity contribution in [2.24, 2.45) is 5.73 Å². The van der Waals surface area contributed by atoms with Gasteiger partial charge in [-0.15, -0.1) is 5.43 Å². The number of carboxylic acid groups (broad SMARTS) is 1. The SMILES string of the molecule is NCCCC[C@H](N[N+](=O)[O-])C(=O)O. The molecule has 0 aliphatic rings. The van der Waals surface area contributed by atoms with Crippen LogP contribution < -0.4 is 11.2 Å². The van der Waals surface area contributed by atoms with Gasteiger partial charge in [0.25, 0.3) is 0 Å². The number of nitrogens with one attached hydrogen (secondary N) is 1. The first-order chi connectivity index (χ1) is 6.07. The molecule has 1 atom stereocenters. The van der Waals surface area contributed by atoms with E-state index in [1.165, 1.54) is 0 Å². The van der Waals surface area contributed by atoms with Gasteiger partial charge in [-0.2, -0.15) is 0 Å². The Morgan fingerprint density at radius 2 is 2.23 bits per heavy atom. The zero-order valence-electron chi connectivity index (χ0n) is 7.10. The number of hydrazine groups is 1. The van der Waals surface area contributed by atoms with Crippen LogP contribution in [-0.4, -0.2) is 28.7 Å². The van der Waals surface area contributed by atoms with Gasteiger partial charge in [0, 0.05) is 0 Å². The highest BCUT2D eigenvalue weighted by Gasteiger charge is 2.20. The van der Waals surface area contributed by atoms with Crippen LogP contribution >= 0.6 is 0 Å². The average molecular weight is 191 g/mol. The van der Waals surface area contributed by atoms with E-state index in [1.807, 2.05) is 0 Å². The summed E-state index contributed by atoms with van der Waals surface area (Å²) in [5.74, 6) is -1.21. The van der Waals surface area contributed by atoms with Crippen LogP contribution in [0, 0.1) is 10.1 Å². The molecule has 0 amide bonds. The zero-order chi connectivity index (χ0) is 10.3. The predicted molar refractivity (Wildman–Crippen MR) is 44.5 cm³/mol. The summed E-state index contributed by atoms with van der Waals surface area (Å²) in [5.41, 5.74) is 6.91. The molecule has 0 rings (SSSR count). The molecule has 0 bridgehead atoms. The molecule has 0 aliphatic heterocycles. The Morgan fingerprint density at radius 3 is 2.62 bits per heavy atom. The molecule has 0 fully saturated rings. The summed E-state index contributed by atoms with van der Waals surface area (Å²) < 4.78 is 0. The van der Waals surface area contributed by atoms with Crippen LogP contribution in [0.15, 0.2) is 0 Å². The number of nitrogens with zero attached hydrogens (tertiary/aromatic N) is 1. The third kappa shape index (κ3) is 5.85. The van der Waals surface area contributed by atoms with Gasteiger partial charge in [0.05, 0.1) is 0 Å². The van der Waals surface area contributed by atoms with E-state index < -0.39 is 17.0 Å². The fourth-order valence-corrected chi connectivity index (χ4v) is 0.863. The van der Waals surface area contributed by atoms with Gasteiger partial charge in [-0.1, -0.05) is 0 Å². The fraction of sp³-hybridized carbons (Fsp3) is 0.833. The molecule has 7 nitrogen and oxygen atoms in total. The van der Waals surface area contributed by atoms with Crippen LogP contribution in [-0.2, 0) is 4.79 Å². The summed E-state index contributed by atoms with van der Waals surface area (Å²) in [5, 5.41) is 17.6. The molecule has 0 spiro atoms. The molecule has 76 valence electrons. The van der Waals surface area contributed by atoms with E-state index in [1.54, 1.807) is 5.43 Å². The third-order valence-corrected chi connectivity index (χ3v) is 1.51. The lowest BCUT2D eigenvalue weighted by molar-refractivity contribution is -0.549. The summed E-state index contributed by atoms with van der Waals surface area (Å²) in [6.07, 6.45) is 1.45. The van der Waals surface area contributed by atoms with Gasteiger partial charge in [-0.3, -0.25) is 0 Å². The van der Waals surface area contributed by atoms with Crippen molar-refractivity contribution < 1.29 is 14.9 Å². The molecule has 0 aromatic heterocycles. The minimum absolute atomic E-state index is 0.216. The van der Waals surface area contributed by atoms with Crippen molar-refractivity contribution in [1.82, 2.24) is 5.43 Å². The van der Waals surface area contributed by atoms with Crippen molar-refractivity contribution >= 4 is 5.97 Å². The number of carboxylic acids is 1. The summed E-state index contributed by atoms with van der Waals surface area (Å²) in [6, 6.07) is -1.12. The molecule has 13 heavy (non-hydrogen) atoms. The number of hydrogen-bond donors (Lipinski definition) is 3. The van der Waals surface area contributed by atoms with Gasteiger partial charge >= 0.3 is 5.97 Å². The molecule has 7 heteroatoms. The zero-order valence-corrected chi connectivity index (χ0v) is 7.10. The van der Waals surface area contributed by atoms with E-state index in [2.05, 4.69) is 0 Å². The number of nitrogens with two attached hydrogens (primary N) is 1. The van der Waals surface area contributed by atoms with Gasteiger partial charge in [-0.05, 0) is 25.8 Å². The van der Waals surface area contributed by atoms with Crippen LogP contribution in [0.3, 0.4) is 0 Å². The number of rotatable bonds is 7. The minimum Gasteiger partial charge on any atom is -0.480 e. The number of unbranched alkanes of at least 4 members (excludes halogenated alkanes) is 1.